The number of carbonyl (C=O) groups is 2. The van der Waals surface area contributed by atoms with E-state index in [-0.39, 0.29) is 18.0 Å². The van der Waals surface area contributed by atoms with Crippen molar-refractivity contribution in [3.05, 3.63) is 101 Å². The Hall–Kier alpha value is -4.37. The maximum atomic E-state index is 13.0. The van der Waals surface area contributed by atoms with Gasteiger partial charge in [0.15, 0.2) is 0 Å². The number of carbonyl (C=O) groups excluding carboxylic acids is 2. The highest BCUT2D eigenvalue weighted by atomic mass is 16.2. The lowest BCUT2D eigenvalue weighted by Crippen LogP contribution is -2.34. The van der Waals surface area contributed by atoms with E-state index in [0.29, 0.717) is 29.0 Å². The van der Waals surface area contributed by atoms with Crippen LogP contribution in [-0.4, -0.2) is 23.4 Å². The number of benzene rings is 3. The van der Waals surface area contributed by atoms with Gasteiger partial charge in [-0.3, -0.25) is 4.79 Å². The lowest BCUT2D eigenvalue weighted by atomic mass is 10.0. The van der Waals surface area contributed by atoms with Crippen LogP contribution in [-0.2, 0) is 0 Å². The summed E-state index contributed by atoms with van der Waals surface area (Å²) in [6.07, 6.45) is 3.46. The zero-order chi connectivity index (χ0) is 24.1. The summed E-state index contributed by atoms with van der Waals surface area (Å²) >= 11 is 0. The molecule has 6 nitrogen and oxygen atoms in total. The van der Waals surface area contributed by atoms with Gasteiger partial charge in [0.05, 0.1) is 17.7 Å². The topological polar surface area (TPSA) is 85.2 Å². The zero-order valence-electron chi connectivity index (χ0n) is 19.0. The first kappa shape index (κ1) is 22.8. The highest BCUT2D eigenvalue weighted by Gasteiger charge is 2.30. The summed E-state index contributed by atoms with van der Waals surface area (Å²) in [7, 11) is 0. The molecule has 0 radical (unpaired) electrons. The molecule has 0 spiro atoms. The van der Waals surface area contributed by atoms with Gasteiger partial charge in [0, 0.05) is 23.5 Å². The number of nitrogens with one attached hydrogen (secondary N) is 2. The van der Waals surface area contributed by atoms with Crippen molar-refractivity contribution in [1.82, 2.24) is 4.90 Å². The quantitative estimate of drug-likeness (QED) is 0.490. The second kappa shape index (κ2) is 10.1. The van der Waals surface area contributed by atoms with Gasteiger partial charge in [-0.1, -0.05) is 36.9 Å². The molecule has 34 heavy (non-hydrogen) atoms. The second-order valence-electron chi connectivity index (χ2n) is 8.33. The summed E-state index contributed by atoms with van der Waals surface area (Å²) in [4.78, 5) is 27.7. The summed E-state index contributed by atoms with van der Waals surface area (Å²) in [5, 5.41) is 14.9. The number of hydrogen-bond acceptors (Lipinski definition) is 3. The molecule has 1 saturated heterocycles. The summed E-state index contributed by atoms with van der Waals surface area (Å²) in [6.45, 7) is 6.44. The van der Waals surface area contributed by atoms with Crippen molar-refractivity contribution in [2.45, 2.75) is 25.8 Å². The molecular formula is C28H26N4O2. The molecule has 0 aromatic heterocycles. The molecule has 3 aromatic carbocycles. The smallest absolute Gasteiger partial charge is 0.322 e. The molecule has 0 bridgehead atoms. The van der Waals surface area contributed by atoms with Crippen LogP contribution in [0.3, 0.4) is 0 Å². The van der Waals surface area contributed by atoms with E-state index in [9.17, 15) is 9.59 Å². The van der Waals surface area contributed by atoms with E-state index in [1.807, 2.05) is 43.3 Å². The maximum Gasteiger partial charge on any atom is 0.322 e. The van der Waals surface area contributed by atoms with Crippen LogP contribution >= 0.6 is 0 Å². The van der Waals surface area contributed by atoms with Gasteiger partial charge < -0.3 is 15.5 Å². The summed E-state index contributed by atoms with van der Waals surface area (Å²) in [6, 6.07) is 21.7. The molecule has 4 rings (SSSR count). The normalized spacial score (nSPS) is 14.8. The fourth-order valence-electron chi connectivity index (χ4n) is 4.25. The standard InChI is InChI=1S/C28H26N4O2/c1-3-21-17-25(13-12-19(21)2)30-27(33)23-9-5-8-22(16-23)26-11-6-14-32(26)28(34)31-24-10-4-7-20(15-24)18-29/h3-5,7-10,12-13,15-17,26H,1,6,11,14H2,2H3,(H,30,33)(H,31,34). The summed E-state index contributed by atoms with van der Waals surface area (Å²) in [5.41, 5.74) is 5.29. The van der Waals surface area contributed by atoms with Crippen molar-refractivity contribution in [2.24, 2.45) is 0 Å². The first-order chi connectivity index (χ1) is 16.5. The van der Waals surface area contributed by atoms with Gasteiger partial charge >= 0.3 is 6.03 Å². The first-order valence-corrected chi connectivity index (χ1v) is 11.2. The molecule has 0 saturated carbocycles. The summed E-state index contributed by atoms with van der Waals surface area (Å²) < 4.78 is 0. The highest BCUT2D eigenvalue weighted by Crippen LogP contribution is 2.33. The Balaban J connectivity index is 1.49. The molecule has 3 amide bonds. The van der Waals surface area contributed by atoms with Crippen LogP contribution in [0.1, 0.15) is 51.5 Å². The fourth-order valence-corrected chi connectivity index (χ4v) is 4.25. The van der Waals surface area contributed by atoms with Gasteiger partial charge in [-0.25, -0.2) is 4.79 Å². The van der Waals surface area contributed by atoms with Crippen LogP contribution < -0.4 is 10.6 Å². The van der Waals surface area contributed by atoms with Crippen LogP contribution in [0.2, 0.25) is 0 Å². The SMILES string of the molecule is C=Cc1cc(NC(=O)c2cccc(C3CCCN3C(=O)Nc3cccc(C#N)c3)c2)ccc1C. The number of likely N-dealkylation sites (tertiary alicyclic amines) is 1. The number of hydrogen-bond donors (Lipinski definition) is 2. The van der Waals surface area contributed by atoms with E-state index in [2.05, 4.69) is 23.3 Å². The van der Waals surface area contributed by atoms with Crippen molar-refractivity contribution >= 4 is 29.4 Å². The third kappa shape index (κ3) is 5.00. The number of nitriles is 1. The molecule has 3 aromatic rings. The number of rotatable bonds is 5. The minimum Gasteiger partial charge on any atom is -0.322 e. The molecule has 6 heteroatoms. The molecule has 170 valence electrons. The van der Waals surface area contributed by atoms with Crippen LogP contribution in [0, 0.1) is 18.3 Å². The molecular weight excluding hydrogens is 424 g/mol. The highest BCUT2D eigenvalue weighted by molar-refractivity contribution is 6.04. The number of nitrogens with zero attached hydrogens (tertiary/aromatic N) is 2. The molecule has 1 aliphatic rings. The van der Waals surface area contributed by atoms with E-state index >= 15 is 0 Å². The molecule has 1 unspecified atom stereocenters. The predicted octanol–water partition coefficient (Wildman–Crippen LogP) is 6.13. The van der Waals surface area contributed by atoms with Crippen molar-refractivity contribution in [3.8, 4) is 6.07 Å². The maximum absolute atomic E-state index is 13.0. The zero-order valence-corrected chi connectivity index (χ0v) is 19.0. The molecule has 2 N–H and O–H groups in total. The van der Waals surface area contributed by atoms with Crippen LogP contribution in [0.15, 0.2) is 73.3 Å². The third-order valence-corrected chi connectivity index (χ3v) is 6.05. The minimum atomic E-state index is -0.218. The average Bonchev–Trinajstić information content (AvgIpc) is 3.36. The second-order valence-corrected chi connectivity index (χ2v) is 8.33. The van der Waals surface area contributed by atoms with Crippen LogP contribution in [0.4, 0.5) is 16.2 Å². The average molecular weight is 451 g/mol. The van der Waals surface area contributed by atoms with E-state index in [1.54, 1.807) is 41.3 Å². The van der Waals surface area contributed by atoms with Crippen molar-refractivity contribution in [2.75, 3.05) is 17.2 Å². The Bertz CT molecular complexity index is 1290. The number of aryl methyl sites for hydroxylation is 1. The van der Waals surface area contributed by atoms with E-state index < -0.39 is 0 Å². The summed E-state index contributed by atoms with van der Waals surface area (Å²) in [5.74, 6) is -0.206. The Morgan fingerprint density at radius 2 is 1.85 bits per heavy atom. The number of amides is 3. The van der Waals surface area contributed by atoms with Gasteiger partial charge in [-0.05, 0) is 78.9 Å². The molecule has 1 atom stereocenters. The molecule has 1 heterocycles. The van der Waals surface area contributed by atoms with Gasteiger partial charge in [0.1, 0.15) is 0 Å². The Morgan fingerprint density at radius 1 is 1.06 bits per heavy atom. The van der Waals surface area contributed by atoms with E-state index in [0.717, 1.165) is 29.5 Å². The molecule has 1 fully saturated rings. The van der Waals surface area contributed by atoms with E-state index in [4.69, 9.17) is 5.26 Å². The monoisotopic (exact) mass is 450 g/mol. The van der Waals surface area contributed by atoms with Gasteiger partial charge in [0.2, 0.25) is 0 Å². The fraction of sp³-hybridized carbons (Fsp3) is 0.179. The van der Waals surface area contributed by atoms with Gasteiger partial charge in [-0.15, -0.1) is 0 Å². The lowest BCUT2D eigenvalue weighted by molar-refractivity contribution is 0.102. The molecule has 0 aliphatic carbocycles. The largest absolute Gasteiger partial charge is 0.322 e. The van der Waals surface area contributed by atoms with Crippen LogP contribution in [0.5, 0.6) is 0 Å². The van der Waals surface area contributed by atoms with Crippen molar-refractivity contribution in [3.63, 3.8) is 0 Å². The van der Waals surface area contributed by atoms with E-state index in [1.165, 1.54) is 0 Å². The predicted molar refractivity (Wildman–Crippen MR) is 135 cm³/mol. The Labute approximate surface area is 199 Å². The van der Waals surface area contributed by atoms with Crippen molar-refractivity contribution < 1.29 is 9.59 Å². The van der Waals surface area contributed by atoms with Gasteiger partial charge in [-0.2, -0.15) is 5.26 Å². The minimum absolute atomic E-state index is 0.126. The van der Waals surface area contributed by atoms with Crippen LogP contribution in [0.25, 0.3) is 6.08 Å². The third-order valence-electron chi connectivity index (χ3n) is 6.05. The first-order valence-electron chi connectivity index (χ1n) is 11.2. The Morgan fingerprint density at radius 3 is 2.65 bits per heavy atom. The number of urea groups is 1. The molecule has 1 aliphatic heterocycles. The van der Waals surface area contributed by atoms with Gasteiger partial charge in [0.25, 0.3) is 5.91 Å². The lowest BCUT2D eigenvalue weighted by Gasteiger charge is -2.25. The van der Waals surface area contributed by atoms with Crippen molar-refractivity contribution in [1.29, 1.82) is 5.26 Å². The number of anilines is 2. The Kier molecular flexibility index (Phi) is 6.74.